The van der Waals surface area contributed by atoms with Gasteiger partial charge in [0.1, 0.15) is 18.1 Å². The lowest BCUT2D eigenvalue weighted by atomic mass is 10.1. The average molecular weight is 390 g/mol. The van der Waals surface area contributed by atoms with Gasteiger partial charge in [-0.3, -0.25) is 9.69 Å². The highest BCUT2D eigenvalue weighted by Gasteiger charge is 2.22. The fourth-order valence-electron chi connectivity index (χ4n) is 3.64. The van der Waals surface area contributed by atoms with Crippen molar-refractivity contribution < 1.29 is 14.3 Å². The van der Waals surface area contributed by atoms with E-state index in [4.69, 9.17) is 9.47 Å². The van der Waals surface area contributed by atoms with Gasteiger partial charge in [-0.05, 0) is 47.2 Å². The third kappa shape index (κ3) is 4.69. The van der Waals surface area contributed by atoms with Crippen LogP contribution in [0, 0.1) is 0 Å². The first-order valence-electron chi connectivity index (χ1n) is 10.0. The molecule has 0 radical (unpaired) electrons. The van der Waals surface area contributed by atoms with E-state index in [1.807, 2.05) is 65.6 Å². The Morgan fingerprint density at radius 3 is 2.28 bits per heavy atom. The lowest BCUT2D eigenvalue weighted by Gasteiger charge is -2.34. The molecule has 1 amide bonds. The van der Waals surface area contributed by atoms with Crippen LogP contribution in [-0.4, -0.2) is 62.1 Å². The Bertz CT molecular complexity index is 963. The molecule has 5 heteroatoms. The van der Waals surface area contributed by atoms with Crippen molar-refractivity contribution in [2.75, 3.05) is 46.4 Å². The maximum Gasteiger partial charge on any atom is 0.253 e. The van der Waals surface area contributed by atoms with Crippen LogP contribution in [0.2, 0.25) is 0 Å². The normalized spacial score (nSPS) is 14.7. The quantitative estimate of drug-likeness (QED) is 0.644. The van der Waals surface area contributed by atoms with E-state index in [0.29, 0.717) is 6.61 Å². The largest absolute Gasteiger partial charge is 0.497 e. The van der Waals surface area contributed by atoms with Crippen molar-refractivity contribution in [3.8, 4) is 11.5 Å². The molecular weight excluding hydrogens is 364 g/mol. The fourth-order valence-corrected chi connectivity index (χ4v) is 3.64. The molecule has 0 spiro atoms. The van der Waals surface area contributed by atoms with Gasteiger partial charge in [0.15, 0.2) is 0 Å². The second kappa shape index (κ2) is 8.97. The Kier molecular flexibility index (Phi) is 5.96. The molecule has 1 heterocycles. The molecule has 1 fully saturated rings. The van der Waals surface area contributed by atoms with E-state index in [-0.39, 0.29) is 5.91 Å². The number of hydrogen-bond donors (Lipinski definition) is 0. The third-order valence-electron chi connectivity index (χ3n) is 5.39. The summed E-state index contributed by atoms with van der Waals surface area (Å²) in [6.07, 6.45) is 0. The molecule has 0 unspecified atom stereocenters. The second-order valence-electron chi connectivity index (χ2n) is 7.22. The summed E-state index contributed by atoms with van der Waals surface area (Å²) in [5.41, 5.74) is 0.764. The number of ether oxygens (including phenoxy) is 2. The Hall–Kier alpha value is -3.05. The van der Waals surface area contributed by atoms with Crippen LogP contribution in [-0.2, 0) is 0 Å². The number of benzene rings is 3. The minimum absolute atomic E-state index is 0.116. The standard InChI is InChI=1S/C24H26N2O3/c1-28-22-8-10-23(11-9-22)29-17-16-25-12-14-26(15-13-25)24(27)21-7-6-19-4-2-3-5-20(19)18-21/h2-11,18H,12-17H2,1H3. The minimum atomic E-state index is 0.116. The molecular formula is C24H26N2O3. The van der Waals surface area contributed by atoms with Gasteiger partial charge in [-0.25, -0.2) is 0 Å². The predicted octanol–water partition coefficient (Wildman–Crippen LogP) is 3.69. The van der Waals surface area contributed by atoms with E-state index in [1.54, 1.807) is 7.11 Å². The summed E-state index contributed by atoms with van der Waals surface area (Å²) in [6.45, 7) is 4.70. The van der Waals surface area contributed by atoms with Crippen LogP contribution in [0.15, 0.2) is 66.7 Å². The molecule has 4 rings (SSSR count). The first-order chi connectivity index (χ1) is 14.2. The second-order valence-corrected chi connectivity index (χ2v) is 7.22. The van der Waals surface area contributed by atoms with Crippen molar-refractivity contribution in [3.05, 3.63) is 72.3 Å². The third-order valence-corrected chi connectivity index (χ3v) is 5.39. The number of amides is 1. The Morgan fingerprint density at radius 1 is 0.862 bits per heavy atom. The molecule has 0 saturated carbocycles. The van der Waals surface area contributed by atoms with Gasteiger partial charge in [0, 0.05) is 38.3 Å². The van der Waals surface area contributed by atoms with Crippen LogP contribution in [0.5, 0.6) is 11.5 Å². The number of piperazine rings is 1. The monoisotopic (exact) mass is 390 g/mol. The average Bonchev–Trinajstić information content (AvgIpc) is 2.79. The molecule has 150 valence electrons. The highest BCUT2D eigenvalue weighted by Crippen LogP contribution is 2.18. The molecule has 3 aromatic rings. The summed E-state index contributed by atoms with van der Waals surface area (Å²) in [4.78, 5) is 17.2. The van der Waals surface area contributed by atoms with Crippen LogP contribution >= 0.6 is 0 Å². The van der Waals surface area contributed by atoms with Crippen LogP contribution in [0.4, 0.5) is 0 Å². The van der Waals surface area contributed by atoms with E-state index in [0.717, 1.165) is 60.6 Å². The zero-order valence-corrected chi connectivity index (χ0v) is 16.7. The summed E-state index contributed by atoms with van der Waals surface area (Å²) >= 11 is 0. The number of rotatable bonds is 6. The predicted molar refractivity (Wildman–Crippen MR) is 115 cm³/mol. The van der Waals surface area contributed by atoms with Gasteiger partial charge in [0.2, 0.25) is 0 Å². The van der Waals surface area contributed by atoms with Gasteiger partial charge in [0.25, 0.3) is 5.91 Å². The molecule has 1 saturated heterocycles. The SMILES string of the molecule is COc1ccc(OCCN2CCN(C(=O)c3ccc4ccccc4c3)CC2)cc1. The van der Waals surface area contributed by atoms with Crippen LogP contribution < -0.4 is 9.47 Å². The van der Waals surface area contributed by atoms with Crippen molar-refractivity contribution in [1.29, 1.82) is 0 Å². The Labute approximate surface area is 171 Å². The van der Waals surface area contributed by atoms with Gasteiger partial charge in [-0.15, -0.1) is 0 Å². The van der Waals surface area contributed by atoms with Gasteiger partial charge >= 0.3 is 0 Å². The maximum atomic E-state index is 12.9. The molecule has 0 aliphatic carbocycles. The first-order valence-corrected chi connectivity index (χ1v) is 10.0. The first kappa shape index (κ1) is 19.3. The summed E-state index contributed by atoms with van der Waals surface area (Å²) in [5.74, 6) is 1.78. The molecule has 1 aliphatic rings. The number of carbonyl (C=O) groups is 1. The van der Waals surface area contributed by atoms with E-state index in [2.05, 4.69) is 11.0 Å². The van der Waals surface area contributed by atoms with Crippen molar-refractivity contribution in [1.82, 2.24) is 9.80 Å². The van der Waals surface area contributed by atoms with Crippen molar-refractivity contribution in [2.45, 2.75) is 0 Å². The zero-order chi connectivity index (χ0) is 20.1. The van der Waals surface area contributed by atoms with Gasteiger partial charge < -0.3 is 14.4 Å². The number of carbonyl (C=O) groups excluding carboxylic acids is 1. The number of methoxy groups -OCH3 is 1. The molecule has 5 nitrogen and oxygen atoms in total. The highest BCUT2D eigenvalue weighted by molar-refractivity contribution is 5.98. The smallest absolute Gasteiger partial charge is 0.253 e. The topological polar surface area (TPSA) is 42.0 Å². The van der Waals surface area contributed by atoms with E-state index in [1.165, 1.54) is 0 Å². The summed E-state index contributed by atoms with van der Waals surface area (Å²) in [7, 11) is 1.65. The van der Waals surface area contributed by atoms with Gasteiger partial charge in [-0.1, -0.05) is 30.3 Å². The maximum absolute atomic E-state index is 12.9. The number of nitrogens with zero attached hydrogens (tertiary/aromatic N) is 2. The molecule has 0 atom stereocenters. The molecule has 0 N–H and O–H groups in total. The van der Waals surface area contributed by atoms with Gasteiger partial charge in [-0.2, -0.15) is 0 Å². The van der Waals surface area contributed by atoms with Crippen LogP contribution in [0.1, 0.15) is 10.4 Å². The van der Waals surface area contributed by atoms with Gasteiger partial charge in [0.05, 0.1) is 7.11 Å². The summed E-state index contributed by atoms with van der Waals surface area (Å²) in [6, 6.07) is 21.7. The number of hydrogen-bond acceptors (Lipinski definition) is 4. The van der Waals surface area contributed by atoms with Crippen molar-refractivity contribution >= 4 is 16.7 Å². The van der Waals surface area contributed by atoms with Crippen LogP contribution in [0.25, 0.3) is 10.8 Å². The zero-order valence-electron chi connectivity index (χ0n) is 16.7. The summed E-state index contributed by atoms with van der Waals surface area (Å²) < 4.78 is 11.0. The van der Waals surface area contributed by atoms with Crippen molar-refractivity contribution in [3.63, 3.8) is 0 Å². The van der Waals surface area contributed by atoms with E-state index in [9.17, 15) is 4.79 Å². The Morgan fingerprint density at radius 2 is 1.55 bits per heavy atom. The fraction of sp³-hybridized carbons (Fsp3) is 0.292. The lowest BCUT2D eigenvalue weighted by molar-refractivity contribution is 0.0620. The molecule has 1 aliphatic heterocycles. The highest BCUT2D eigenvalue weighted by atomic mass is 16.5. The molecule has 0 bridgehead atoms. The van der Waals surface area contributed by atoms with Crippen molar-refractivity contribution in [2.24, 2.45) is 0 Å². The Balaban J connectivity index is 1.25. The molecule has 0 aromatic heterocycles. The van der Waals surface area contributed by atoms with E-state index >= 15 is 0 Å². The summed E-state index contributed by atoms with van der Waals surface area (Å²) in [5, 5.41) is 2.26. The molecule has 29 heavy (non-hydrogen) atoms. The lowest BCUT2D eigenvalue weighted by Crippen LogP contribution is -2.49. The minimum Gasteiger partial charge on any atom is -0.497 e. The van der Waals surface area contributed by atoms with Crippen LogP contribution in [0.3, 0.4) is 0 Å². The number of fused-ring (bicyclic) bond motifs is 1. The molecule has 3 aromatic carbocycles. The van der Waals surface area contributed by atoms with E-state index < -0.39 is 0 Å².